The van der Waals surface area contributed by atoms with Gasteiger partial charge < -0.3 is 4.74 Å². The van der Waals surface area contributed by atoms with Crippen LogP contribution in [-0.4, -0.2) is 12.1 Å². The second-order valence-electron chi connectivity index (χ2n) is 10.7. The smallest absolute Gasteiger partial charge is 0.302 e. The van der Waals surface area contributed by atoms with Crippen LogP contribution in [-0.2, 0) is 9.53 Å². The van der Waals surface area contributed by atoms with Crippen molar-refractivity contribution in [2.45, 2.75) is 85.2 Å². The molecule has 0 N–H and O–H groups in total. The van der Waals surface area contributed by atoms with Crippen LogP contribution in [0.2, 0.25) is 0 Å². The molecule has 3 saturated carbocycles. The SMILES string of the molecule is CC(=O)O[C@H]1CC[C@@]2(C)C(=CC[C@H]3[C@@H]4CC[C@H](C(C)=C(C#N)C#N)[C@@]4(C)CC[C@@H]32)C1. The fraction of sp³-hybridized carbons (Fsp3) is 0.731. The Kier molecular flexibility index (Phi) is 5.34. The first-order chi connectivity index (χ1) is 14.2. The number of ether oxygens (including phenoxy) is 1. The van der Waals surface area contributed by atoms with Gasteiger partial charge in [-0.05, 0) is 91.9 Å². The van der Waals surface area contributed by atoms with E-state index < -0.39 is 0 Å². The summed E-state index contributed by atoms with van der Waals surface area (Å²) in [7, 11) is 0. The molecule has 4 nitrogen and oxygen atoms in total. The minimum atomic E-state index is -0.166. The largest absolute Gasteiger partial charge is 0.462 e. The molecule has 0 aliphatic heterocycles. The number of nitriles is 2. The van der Waals surface area contributed by atoms with Gasteiger partial charge in [0.05, 0.1) is 0 Å². The van der Waals surface area contributed by atoms with Crippen LogP contribution in [0.1, 0.15) is 79.1 Å². The lowest BCUT2D eigenvalue weighted by atomic mass is 9.47. The number of carbonyl (C=O) groups excluding carboxylic acids is 1. The highest BCUT2D eigenvalue weighted by atomic mass is 16.5. The van der Waals surface area contributed by atoms with Gasteiger partial charge in [-0.3, -0.25) is 4.79 Å². The molecule has 0 bridgehead atoms. The van der Waals surface area contributed by atoms with Crippen LogP contribution in [0.5, 0.6) is 0 Å². The van der Waals surface area contributed by atoms with E-state index in [0.29, 0.717) is 29.2 Å². The van der Waals surface area contributed by atoms with Crippen LogP contribution in [0, 0.1) is 57.2 Å². The summed E-state index contributed by atoms with van der Waals surface area (Å²) < 4.78 is 5.55. The summed E-state index contributed by atoms with van der Waals surface area (Å²) in [6, 6.07) is 4.26. The van der Waals surface area contributed by atoms with Gasteiger partial charge >= 0.3 is 5.97 Å². The number of nitrogens with zero attached hydrogens (tertiary/aromatic N) is 2. The molecule has 3 fully saturated rings. The third-order valence-corrected chi connectivity index (χ3v) is 9.53. The van der Waals surface area contributed by atoms with Crippen molar-refractivity contribution in [3.8, 4) is 12.1 Å². The summed E-state index contributed by atoms with van der Waals surface area (Å²) in [4.78, 5) is 11.4. The van der Waals surface area contributed by atoms with E-state index in [-0.39, 0.29) is 22.9 Å². The molecule has 4 aliphatic carbocycles. The molecule has 0 aromatic carbocycles. The first kappa shape index (κ1) is 21.2. The van der Waals surface area contributed by atoms with Gasteiger partial charge in [0, 0.05) is 13.3 Å². The molecule has 0 radical (unpaired) electrons. The number of esters is 1. The highest BCUT2D eigenvalue weighted by molar-refractivity contribution is 5.66. The summed E-state index contributed by atoms with van der Waals surface area (Å²) >= 11 is 0. The zero-order chi connectivity index (χ0) is 21.7. The van der Waals surface area contributed by atoms with Gasteiger partial charge in [-0.1, -0.05) is 25.5 Å². The quantitative estimate of drug-likeness (QED) is 0.327. The van der Waals surface area contributed by atoms with Crippen molar-refractivity contribution in [3.05, 3.63) is 22.8 Å². The van der Waals surface area contributed by atoms with E-state index in [1.165, 1.54) is 31.8 Å². The summed E-state index contributed by atoms with van der Waals surface area (Å²) in [5.41, 5.74) is 3.29. The molecule has 0 amide bonds. The summed E-state index contributed by atoms with van der Waals surface area (Å²) in [6.45, 7) is 8.42. The van der Waals surface area contributed by atoms with E-state index in [4.69, 9.17) is 4.74 Å². The predicted molar refractivity (Wildman–Crippen MR) is 115 cm³/mol. The molecular formula is C26H34N2O2. The molecule has 4 heteroatoms. The predicted octanol–water partition coefficient (Wildman–Crippen LogP) is 5.86. The van der Waals surface area contributed by atoms with Crippen molar-refractivity contribution >= 4 is 5.97 Å². The molecule has 0 heterocycles. The Morgan fingerprint density at radius 3 is 2.47 bits per heavy atom. The molecule has 0 aromatic rings. The van der Waals surface area contributed by atoms with Crippen molar-refractivity contribution in [2.24, 2.45) is 34.5 Å². The van der Waals surface area contributed by atoms with Gasteiger partial charge in [-0.25, -0.2) is 0 Å². The molecule has 0 saturated heterocycles. The monoisotopic (exact) mass is 406 g/mol. The third kappa shape index (κ3) is 3.11. The Hall–Kier alpha value is -2.07. The molecule has 0 aromatic heterocycles. The molecule has 7 atom stereocenters. The first-order valence-electron chi connectivity index (χ1n) is 11.6. The van der Waals surface area contributed by atoms with Gasteiger partial charge in [0.1, 0.15) is 23.8 Å². The second-order valence-corrected chi connectivity index (χ2v) is 10.7. The number of allylic oxidation sites excluding steroid dienone is 3. The van der Waals surface area contributed by atoms with Gasteiger partial charge in [0.15, 0.2) is 0 Å². The highest BCUT2D eigenvalue weighted by Crippen LogP contribution is 2.67. The van der Waals surface area contributed by atoms with E-state index in [1.807, 2.05) is 6.92 Å². The summed E-state index contributed by atoms with van der Waals surface area (Å²) in [5, 5.41) is 18.8. The minimum Gasteiger partial charge on any atom is -0.462 e. The first-order valence-corrected chi connectivity index (χ1v) is 11.6. The number of hydrogen-bond acceptors (Lipinski definition) is 4. The number of rotatable bonds is 2. The van der Waals surface area contributed by atoms with Crippen molar-refractivity contribution < 1.29 is 9.53 Å². The maximum Gasteiger partial charge on any atom is 0.302 e. The summed E-state index contributed by atoms with van der Waals surface area (Å²) in [5.74, 6) is 2.24. The average molecular weight is 407 g/mol. The minimum absolute atomic E-state index is 0.0475. The lowest BCUT2D eigenvalue weighted by Gasteiger charge is -2.58. The van der Waals surface area contributed by atoms with Crippen molar-refractivity contribution in [2.75, 3.05) is 0 Å². The van der Waals surface area contributed by atoms with Crippen molar-refractivity contribution in [3.63, 3.8) is 0 Å². The molecule has 4 aliphatic rings. The zero-order valence-electron chi connectivity index (χ0n) is 18.8. The Morgan fingerprint density at radius 1 is 1.07 bits per heavy atom. The maximum absolute atomic E-state index is 11.4. The second kappa shape index (κ2) is 7.56. The number of carbonyl (C=O) groups is 1. The number of fused-ring (bicyclic) bond motifs is 5. The Morgan fingerprint density at radius 2 is 1.80 bits per heavy atom. The zero-order valence-corrected chi connectivity index (χ0v) is 18.8. The maximum atomic E-state index is 11.4. The van der Waals surface area contributed by atoms with E-state index >= 15 is 0 Å². The Balaban J connectivity index is 1.60. The van der Waals surface area contributed by atoms with E-state index in [9.17, 15) is 15.3 Å². The third-order valence-electron chi connectivity index (χ3n) is 9.53. The van der Waals surface area contributed by atoms with E-state index in [1.54, 1.807) is 0 Å². The molecule has 30 heavy (non-hydrogen) atoms. The lowest BCUT2D eigenvalue weighted by Crippen LogP contribution is -2.50. The van der Waals surface area contributed by atoms with Crippen LogP contribution in [0.25, 0.3) is 0 Å². The molecule has 0 spiro atoms. The van der Waals surface area contributed by atoms with Crippen LogP contribution >= 0.6 is 0 Å². The van der Waals surface area contributed by atoms with Crippen LogP contribution in [0.4, 0.5) is 0 Å². The fourth-order valence-corrected chi connectivity index (χ4v) is 8.05. The number of hydrogen-bond donors (Lipinski definition) is 0. The topological polar surface area (TPSA) is 73.9 Å². The fourth-order valence-electron chi connectivity index (χ4n) is 8.05. The molecule has 0 unspecified atom stereocenters. The standard InChI is InChI=1S/C26H34N2O2/c1-16(18(14-27)15-28)22-7-8-23-21-6-5-19-13-20(30-17(2)29)9-11-25(19,3)24(21)10-12-26(22,23)4/h5,20-24H,6-13H2,1-4H3/t20-,21-,22+,23-,24-,25-,26+/m0/s1. The van der Waals surface area contributed by atoms with Crippen LogP contribution in [0.15, 0.2) is 22.8 Å². The Bertz CT molecular complexity index is 872. The van der Waals surface area contributed by atoms with Gasteiger partial charge in [-0.2, -0.15) is 10.5 Å². The average Bonchev–Trinajstić information content (AvgIpc) is 3.06. The van der Waals surface area contributed by atoms with Gasteiger partial charge in [-0.15, -0.1) is 0 Å². The molecule has 160 valence electrons. The van der Waals surface area contributed by atoms with Gasteiger partial charge in [0.2, 0.25) is 0 Å². The molecular weight excluding hydrogens is 372 g/mol. The van der Waals surface area contributed by atoms with E-state index in [0.717, 1.165) is 37.7 Å². The summed E-state index contributed by atoms with van der Waals surface area (Å²) in [6.07, 6.45) is 11.3. The highest BCUT2D eigenvalue weighted by Gasteiger charge is 2.59. The Labute approximate surface area is 181 Å². The van der Waals surface area contributed by atoms with Crippen molar-refractivity contribution in [1.82, 2.24) is 0 Å². The molecule has 4 rings (SSSR count). The normalized spacial score (nSPS) is 41.8. The lowest BCUT2D eigenvalue weighted by molar-refractivity contribution is -0.148. The van der Waals surface area contributed by atoms with Crippen LogP contribution < -0.4 is 0 Å². The van der Waals surface area contributed by atoms with E-state index in [2.05, 4.69) is 32.1 Å². The van der Waals surface area contributed by atoms with Crippen molar-refractivity contribution in [1.29, 1.82) is 10.5 Å². The van der Waals surface area contributed by atoms with Crippen LogP contribution in [0.3, 0.4) is 0 Å². The van der Waals surface area contributed by atoms with Gasteiger partial charge in [0.25, 0.3) is 0 Å².